The molecule has 1 aliphatic rings. The van der Waals surface area contributed by atoms with Crippen LogP contribution >= 0.6 is 0 Å². The van der Waals surface area contributed by atoms with Gasteiger partial charge in [0.2, 0.25) is 11.8 Å². The Morgan fingerprint density at radius 3 is 1.88 bits per heavy atom. The number of nitrogens with one attached hydrogen (secondary N) is 1. The quantitative estimate of drug-likeness (QED) is 0.846. The van der Waals surface area contributed by atoms with E-state index in [1.165, 1.54) is 0 Å². The highest BCUT2D eigenvalue weighted by molar-refractivity contribution is 5.88. The second-order valence-corrected chi connectivity index (χ2v) is 6.16. The normalized spacial score (nSPS) is 15.5. The van der Waals surface area contributed by atoms with Crippen LogP contribution in [0, 0.1) is 0 Å². The van der Waals surface area contributed by atoms with Gasteiger partial charge in [-0.1, -0.05) is 60.7 Å². The maximum Gasteiger partial charge on any atom is 0.232 e. The van der Waals surface area contributed by atoms with E-state index >= 15 is 0 Å². The molecule has 2 amide bonds. The molecule has 124 valence electrons. The Balaban J connectivity index is 1.88. The topological polar surface area (TPSA) is 81.4 Å². The number of carbonyl (C=O) groups is 2. The van der Waals surface area contributed by atoms with Gasteiger partial charge in [0.25, 0.3) is 0 Å². The van der Waals surface area contributed by atoms with Crippen molar-refractivity contribution in [1.82, 2.24) is 5.32 Å². The Hall–Kier alpha value is -2.66. The van der Waals surface area contributed by atoms with Crippen molar-refractivity contribution >= 4 is 11.8 Å². The molecular formula is C19H20N2O3. The predicted molar refractivity (Wildman–Crippen MR) is 90.2 cm³/mol. The monoisotopic (exact) mass is 324 g/mol. The summed E-state index contributed by atoms with van der Waals surface area (Å²) in [6, 6.07) is 19.2. The van der Waals surface area contributed by atoms with Gasteiger partial charge in [-0.05, 0) is 11.1 Å². The first-order valence-corrected chi connectivity index (χ1v) is 7.88. The van der Waals surface area contributed by atoms with Crippen molar-refractivity contribution in [3.63, 3.8) is 0 Å². The lowest BCUT2D eigenvalue weighted by molar-refractivity contribution is -0.138. The number of primary amides is 1. The molecule has 5 heteroatoms. The SMILES string of the molecule is NC(=O)CC1(NC(=O)C(c2ccccc2)c2ccccc2)COC1. The minimum absolute atomic E-state index is 0.0784. The molecule has 0 aromatic heterocycles. The molecule has 0 atom stereocenters. The van der Waals surface area contributed by atoms with Crippen LogP contribution in [0.2, 0.25) is 0 Å². The number of carbonyl (C=O) groups excluding carboxylic acids is 2. The number of amides is 2. The Kier molecular flexibility index (Phi) is 4.62. The predicted octanol–water partition coefficient (Wildman–Crippen LogP) is 1.58. The number of ether oxygens (including phenoxy) is 1. The highest BCUT2D eigenvalue weighted by Crippen LogP contribution is 2.28. The molecule has 1 heterocycles. The fourth-order valence-electron chi connectivity index (χ4n) is 3.02. The number of hydrogen-bond acceptors (Lipinski definition) is 3. The fraction of sp³-hybridized carbons (Fsp3) is 0.263. The zero-order valence-electron chi connectivity index (χ0n) is 13.3. The van der Waals surface area contributed by atoms with Gasteiger partial charge in [0, 0.05) is 0 Å². The van der Waals surface area contributed by atoms with E-state index in [0.717, 1.165) is 11.1 Å². The van der Waals surface area contributed by atoms with Crippen LogP contribution in [-0.4, -0.2) is 30.6 Å². The minimum atomic E-state index is -0.690. The van der Waals surface area contributed by atoms with E-state index in [-0.39, 0.29) is 12.3 Å². The second kappa shape index (κ2) is 6.84. The van der Waals surface area contributed by atoms with Crippen molar-refractivity contribution < 1.29 is 14.3 Å². The van der Waals surface area contributed by atoms with Gasteiger partial charge in [0.15, 0.2) is 0 Å². The molecular weight excluding hydrogens is 304 g/mol. The van der Waals surface area contributed by atoms with Gasteiger partial charge >= 0.3 is 0 Å². The smallest absolute Gasteiger partial charge is 0.232 e. The molecule has 1 aliphatic heterocycles. The van der Waals surface area contributed by atoms with E-state index in [1.54, 1.807) is 0 Å². The number of rotatable bonds is 6. The molecule has 0 unspecified atom stereocenters. The molecule has 0 bridgehead atoms. The van der Waals surface area contributed by atoms with Crippen molar-refractivity contribution in [2.24, 2.45) is 5.73 Å². The Labute approximate surface area is 140 Å². The van der Waals surface area contributed by atoms with Gasteiger partial charge in [0.1, 0.15) is 0 Å². The summed E-state index contributed by atoms with van der Waals surface area (Å²) in [5, 5.41) is 2.99. The summed E-state index contributed by atoms with van der Waals surface area (Å²) < 4.78 is 5.21. The van der Waals surface area contributed by atoms with Gasteiger partial charge in [-0.25, -0.2) is 0 Å². The molecule has 2 aromatic carbocycles. The third-order valence-electron chi connectivity index (χ3n) is 4.19. The van der Waals surface area contributed by atoms with Crippen molar-refractivity contribution in [2.75, 3.05) is 13.2 Å². The summed E-state index contributed by atoms with van der Waals surface area (Å²) in [6.45, 7) is 0.607. The molecule has 3 rings (SSSR count). The van der Waals surface area contributed by atoms with Crippen molar-refractivity contribution in [3.05, 3.63) is 71.8 Å². The molecule has 0 spiro atoms. The summed E-state index contributed by atoms with van der Waals surface area (Å²) in [5.74, 6) is -1.05. The van der Waals surface area contributed by atoms with Gasteiger partial charge in [-0.15, -0.1) is 0 Å². The molecule has 1 saturated heterocycles. The maximum absolute atomic E-state index is 13.0. The lowest BCUT2D eigenvalue weighted by Gasteiger charge is -2.42. The van der Waals surface area contributed by atoms with Crippen LogP contribution in [0.3, 0.4) is 0 Å². The molecule has 2 aromatic rings. The molecule has 5 nitrogen and oxygen atoms in total. The van der Waals surface area contributed by atoms with Gasteiger partial charge in [-0.3, -0.25) is 9.59 Å². The Morgan fingerprint density at radius 1 is 1.00 bits per heavy atom. The third-order valence-corrected chi connectivity index (χ3v) is 4.19. The fourth-order valence-corrected chi connectivity index (χ4v) is 3.02. The third kappa shape index (κ3) is 3.46. The zero-order chi connectivity index (χ0) is 17.0. The van der Waals surface area contributed by atoms with Crippen LogP contribution in [0.5, 0.6) is 0 Å². The molecule has 1 fully saturated rings. The molecule has 0 radical (unpaired) electrons. The molecule has 0 aliphatic carbocycles. The van der Waals surface area contributed by atoms with Crippen LogP contribution in [0.4, 0.5) is 0 Å². The van der Waals surface area contributed by atoms with E-state index in [0.29, 0.717) is 13.2 Å². The number of hydrogen-bond donors (Lipinski definition) is 2. The largest absolute Gasteiger partial charge is 0.376 e. The lowest BCUT2D eigenvalue weighted by atomic mass is 9.87. The first kappa shape index (κ1) is 16.2. The van der Waals surface area contributed by atoms with Crippen molar-refractivity contribution in [3.8, 4) is 0 Å². The van der Waals surface area contributed by atoms with Gasteiger partial charge < -0.3 is 15.8 Å². The van der Waals surface area contributed by atoms with E-state index in [1.807, 2.05) is 60.7 Å². The van der Waals surface area contributed by atoms with Crippen LogP contribution in [-0.2, 0) is 14.3 Å². The van der Waals surface area contributed by atoms with E-state index in [2.05, 4.69) is 5.32 Å². The van der Waals surface area contributed by atoms with Crippen molar-refractivity contribution in [1.29, 1.82) is 0 Å². The highest BCUT2D eigenvalue weighted by Gasteiger charge is 2.42. The van der Waals surface area contributed by atoms with Crippen molar-refractivity contribution in [2.45, 2.75) is 17.9 Å². The highest BCUT2D eigenvalue weighted by atomic mass is 16.5. The molecule has 0 saturated carbocycles. The number of nitrogens with two attached hydrogens (primary N) is 1. The second-order valence-electron chi connectivity index (χ2n) is 6.16. The molecule has 3 N–H and O–H groups in total. The van der Waals surface area contributed by atoms with E-state index < -0.39 is 17.4 Å². The summed E-state index contributed by atoms with van der Waals surface area (Å²) >= 11 is 0. The summed E-state index contributed by atoms with van der Waals surface area (Å²) in [5.41, 5.74) is 6.42. The summed E-state index contributed by atoms with van der Waals surface area (Å²) in [4.78, 5) is 24.3. The standard InChI is InChI=1S/C19H20N2O3/c20-16(22)11-19(12-24-13-19)21-18(23)17(14-7-3-1-4-8-14)15-9-5-2-6-10-15/h1-10,17H,11-13H2,(H2,20,22)(H,21,23). The van der Waals surface area contributed by atoms with Gasteiger partial charge in [-0.2, -0.15) is 0 Å². The summed E-state index contributed by atoms with van der Waals surface area (Å²) in [7, 11) is 0. The van der Waals surface area contributed by atoms with Gasteiger partial charge in [0.05, 0.1) is 31.1 Å². The Morgan fingerprint density at radius 2 is 1.50 bits per heavy atom. The van der Waals surface area contributed by atoms with Crippen LogP contribution < -0.4 is 11.1 Å². The number of benzene rings is 2. The van der Waals surface area contributed by atoms with Crippen LogP contribution in [0.15, 0.2) is 60.7 Å². The zero-order valence-corrected chi connectivity index (χ0v) is 13.3. The minimum Gasteiger partial charge on any atom is -0.376 e. The first-order chi connectivity index (χ1) is 11.6. The Bertz CT molecular complexity index is 672. The maximum atomic E-state index is 13.0. The van der Waals surface area contributed by atoms with E-state index in [4.69, 9.17) is 10.5 Å². The first-order valence-electron chi connectivity index (χ1n) is 7.88. The van der Waals surface area contributed by atoms with Crippen LogP contribution in [0.1, 0.15) is 23.5 Å². The van der Waals surface area contributed by atoms with Crippen LogP contribution in [0.25, 0.3) is 0 Å². The molecule has 24 heavy (non-hydrogen) atoms. The average Bonchev–Trinajstić information content (AvgIpc) is 2.54. The van der Waals surface area contributed by atoms with E-state index in [9.17, 15) is 9.59 Å². The summed E-state index contributed by atoms with van der Waals surface area (Å²) in [6.07, 6.45) is 0.0784. The lowest BCUT2D eigenvalue weighted by Crippen LogP contribution is -2.64. The average molecular weight is 324 g/mol.